The maximum absolute atomic E-state index is 12.2. The Hall–Kier alpha value is -3.35. The van der Waals surface area contributed by atoms with E-state index in [1.807, 2.05) is 39.2 Å². The molecule has 7 heteroatoms. The fourth-order valence-corrected chi connectivity index (χ4v) is 2.57. The lowest BCUT2D eigenvalue weighted by atomic mass is 10.1. The van der Waals surface area contributed by atoms with Gasteiger partial charge in [0.05, 0.1) is 24.3 Å². The predicted octanol–water partition coefficient (Wildman–Crippen LogP) is 2.35. The fourth-order valence-electron chi connectivity index (χ4n) is 2.57. The summed E-state index contributed by atoms with van der Waals surface area (Å²) >= 11 is 0. The molecule has 0 amide bonds. The molecule has 0 bridgehead atoms. The van der Waals surface area contributed by atoms with Crippen LogP contribution in [0.15, 0.2) is 65.8 Å². The van der Waals surface area contributed by atoms with Crippen molar-refractivity contribution in [3.05, 3.63) is 82.6 Å². The molecule has 0 saturated carbocycles. The second kappa shape index (κ2) is 7.69. The number of aromatic nitrogens is 6. The molecule has 26 heavy (non-hydrogen) atoms. The second-order valence-corrected chi connectivity index (χ2v) is 5.95. The lowest BCUT2D eigenvalue weighted by molar-refractivity contribution is 0.761. The Morgan fingerprint density at radius 2 is 2.12 bits per heavy atom. The normalized spacial score (nSPS) is 12.4. The zero-order valence-electron chi connectivity index (χ0n) is 15.0. The molecule has 0 unspecified atom stereocenters. The molecule has 0 aliphatic rings. The van der Waals surface area contributed by atoms with Crippen LogP contribution in [-0.4, -0.2) is 29.5 Å². The van der Waals surface area contributed by atoms with Crippen molar-refractivity contribution in [3.8, 4) is 5.69 Å². The van der Waals surface area contributed by atoms with Crippen LogP contribution in [-0.2, 0) is 13.5 Å². The van der Waals surface area contributed by atoms with Gasteiger partial charge in [-0.05, 0) is 19.4 Å². The van der Waals surface area contributed by atoms with Gasteiger partial charge in [-0.15, -0.1) is 0 Å². The molecular formula is C19H20N6O. The van der Waals surface area contributed by atoms with E-state index >= 15 is 0 Å². The van der Waals surface area contributed by atoms with Crippen LogP contribution >= 0.6 is 0 Å². The molecule has 0 saturated heterocycles. The van der Waals surface area contributed by atoms with Crippen molar-refractivity contribution in [3.63, 3.8) is 0 Å². The van der Waals surface area contributed by atoms with Gasteiger partial charge in [0.25, 0.3) is 0 Å². The van der Waals surface area contributed by atoms with E-state index in [4.69, 9.17) is 0 Å². The minimum atomic E-state index is -0.0839. The highest BCUT2D eigenvalue weighted by Gasteiger charge is 2.07. The Morgan fingerprint density at radius 1 is 1.27 bits per heavy atom. The minimum Gasteiger partial charge on any atom is -0.288 e. The van der Waals surface area contributed by atoms with Gasteiger partial charge in [0.1, 0.15) is 11.4 Å². The molecule has 3 aromatic heterocycles. The maximum Gasteiger partial charge on any atom is 0.203 e. The first-order chi connectivity index (χ1) is 12.6. The Labute approximate surface area is 151 Å². The number of hydrogen-bond donors (Lipinski definition) is 0. The van der Waals surface area contributed by atoms with Gasteiger partial charge in [-0.2, -0.15) is 10.2 Å². The first kappa shape index (κ1) is 17.5. The molecule has 0 atom stereocenters. The van der Waals surface area contributed by atoms with Crippen LogP contribution in [0.4, 0.5) is 0 Å². The van der Waals surface area contributed by atoms with Crippen molar-refractivity contribution >= 4 is 5.57 Å². The van der Waals surface area contributed by atoms with E-state index in [9.17, 15) is 4.79 Å². The summed E-state index contributed by atoms with van der Waals surface area (Å²) in [5, 5.41) is 8.60. The smallest absolute Gasteiger partial charge is 0.203 e. The third-order valence-corrected chi connectivity index (χ3v) is 3.85. The van der Waals surface area contributed by atoms with Crippen LogP contribution < -0.4 is 5.43 Å². The van der Waals surface area contributed by atoms with Gasteiger partial charge in [-0.3, -0.25) is 19.4 Å². The molecule has 132 valence electrons. The van der Waals surface area contributed by atoms with Crippen molar-refractivity contribution in [1.82, 2.24) is 29.5 Å². The van der Waals surface area contributed by atoms with E-state index in [-0.39, 0.29) is 5.43 Å². The summed E-state index contributed by atoms with van der Waals surface area (Å²) < 4.78 is 3.36. The molecule has 0 aliphatic carbocycles. The zero-order valence-corrected chi connectivity index (χ0v) is 15.0. The second-order valence-electron chi connectivity index (χ2n) is 5.95. The Kier molecular flexibility index (Phi) is 5.17. The van der Waals surface area contributed by atoms with Gasteiger partial charge in [0.15, 0.2) is 0 Å². The van der Waals surface area contributed by atoms with Crippen molar-refractivity contribution < 1.29 is 0 Å². The van der Waals surface area contributed by atoms with Crippen LogP contribution in [0.25, 0.3) is 11.3 Å². The molecule has 0 N–H and O–H groups in total. The van der Waals surface area contributed by atoms with Gasteiger partial charge in [0.2, 0.25) is 5.43 Å². The average Bonchev–Trinajstić information content (AvgIpc) is 3.08. The standard InChI is InChI=1S/C19H20N6O/c1-4-15(18-12-20-6-7-21-18)9-14(2)10-17-19(26)5-8-25(23-17)16-11-22-24(3)13-16/h4-9,11-13H,10H2,1-3H3. The van der Waals surface area contributed by atoms with Crippen molar-refractivity contribution in [1.29, 1.82) is 0 Å². The summed E-state index contributed by atoms with van der Waals surface area (Å²) in [6.45, 7) is 3.92. The molecule has 3 rings (SSSR count). The quantitative estimate of drug-likeness (QED) is 0.661. The van der Waals surface area contributed by atoms with Crippen LogP contribution in [0.5, 0.6) is 0 Å². The molecule has 7 nitrogen and oxygen atoms in total. The topological polar surface area (TPSA) is 78.5 Å². The number of allylic oxidation sites excluding steroid dienone is 4. The van der Waals surface area contributed by atoms with Crippen molar-refractivity contribution in [2.24, 2.45) is 7.05 Å². The fraction of sp³-hybridized carbons (Fsp3) is 0.211. The lowest BCUT2D eigenvalue weighted by Gasteiger charge is -2.07. The van der Waals surface area contributed by atoms with Gasteiger partial charge in [-0.25, -0.2) is 4.68 Å². The SMILES string of the molecule is CC=C(C=C(C)Cc1nn(-c2cnn(C)c2)ccc1=O)c1cnccn1. The molecule has 0 spiro atoms. The summed E-state index contributed by atoms with van der Waals surface area (Å²) in [4.78, 5) is 20.6. The van der Waals surface area contributed by atoms with Crippen LogP contribution in [0.3, 0.4) is 0 Å². The number of hydrogen-bond acceptors (Lipinski definition) is 5. The van der Waals surface area contributed by atoms with E-state index in [0.717, 1.165) is 22.5 Å². The lowest BCUT2D eigenvalue weighted by Crippen LogP contribution is -2.16. The van der Waals surface area contributed by atoms with E-state index in [1.165, 1.54) is 6.07 Å². The molecule has 0 fully saturated rings. The maximum atomic E-state index is 12.2. The highest BCUT2D eigenvalue weighted by Crippen LogP contribution is 2.15. The number of nitrogens with zero attached hydrogens (tertiary/aromatic N) is 6. The third kappa shape index (κ3) is 4.00. The van der Waals surface area contributed by atoms with Gasteiger partial charge in [0, 0.05) is 38.1 Å². The minimum absolute atomic E-state index is 0.0839. The molecule has 0 aliphatic heterocycles. The molecule has 3 heterocycles. The Balaban J connectivity index is 1.87. The molecule has 0 radical (unpaired) electrons. The number of aryl methyl sites for hydroxylation is 1. The zero-order chi connectivity index (χ0) is 18.5. The van der Waals surface area contributed by atoms with Crippen molar-refractivity contribution in [2.75, 3.05) is 0 Å². The van der Waals surface area contributed by atoms with Crippen molar-refractivity contribution in [2.45, 2.75) is 20.3 Å². The Morgan fingerprint density at radius 3 is 2.77 bits per heavy atom. The molecule has 3 aromatic rings. The van der Waals surface area contributed by atoms with E-state index < -0.39 is 0 Å². The van der Waals surface area contributed by atoms with E-state index in [1.54, 1.807) is 40.3 Å². The summed E-state index contributed by atoms with van der Waals surface area (Å²) in [6.07, 6.45) is 14.7. The summed E-state index contributed by atoms with van der Waals surface area (Å²) in [6, 6.07) is 1.53. The highest BCUT2D eigenvalue weighted by atomic mass is 16.1. The first-order valence-corrected chi connectivity index (χ1v) is 8.24. The molecular weight excluding hydrogens is 328 g/mol. The van der Waals surface area contributed by atoms with Crippen LogP contribution in [0, 0.1) is 0 Å². The van der Waals surface area contributed by atoms with Gasteiger partial charge in [-0.1, -0.05) is 17.7 Å². The number of rotatable bonds is 5. The largest absolute Gasteiger partial charge is 0.288 e. The Bertz CT molecular complexity index is 1010. The highest BCUT2D eigenvalue weighted by molar-refractivity contribution is 5.71. The van der Waals surface area contributed by atoms with E-state index in [0.29, 0.717) is 12.1 Å². The van der Waals surface area contributed by atoms with Gasteiger partial charge >= 0.3 is 0 Å². The summed E-state index contributed by atoms with van der Waals surface area (Å²) in [5.74, 6) is 0. The monoisotopic (exact) mass is 348 g/mol. The first-order valence-electron chi connectivity index (χ1n) is 8.24. The third-order valence-electron chi connectivity index (χ3n) is 3.85. The van der Waals surface area contributed by atoms with Crippen LogP contribution in [0.1, 0.15) is 25.2 Å². The predicted molar refractivity (Wildman–Crippen MR) is 99.7 cm³/mol. The van der Waals surface area contributed by atoms with Crippen LogP contribution in [0.2, 0.25) is 0 Å². The average molecular weight is 348 g/mol. The van der Waals surface area contributed by atoms with Gasteiger partial charge < -0.3 is 0 Å². The summed E-state index contributed by atoms with van der Waals surface area (Å²) in [5.41, 5.74) is 3.97. The molecule has 0 aromatic carbocycles. The van der Waals surface area contributed by atoms with E-state index in [2.05, 4.69) is 20.2 Å². The summed E-state index contributed by atoms with van der Waals surface area (Å²) in [7, 11) is 1.84.